The van der Waals surface area contributed by atoms with Crippen molar-refractivity contribution in [1.82, 2.24) is 20.5 Å². The van der Waals surface area contributed by atoms with Gasteiger partial charge in [0.1, 0.15) is 11.6 Å². The summed E-state index contributed by atoms with van der Waals surface area (Å²) in [7, 11) is 3.91. The lowest BCUT2D eigenvalue weighted by molar-refractivity contribution is 0.312. The summed E-state index contributed by atoms with van der Waals surface area (Å²) < 4.78 is 13.6. The van der Waals surface area contributed by atoms with Crippen LogP contribution < -0.4 is 15.5 Å². The zero-order chi connectivity index (χ0) is 21.6. The molecule has 0 spiro atoms. The molecule has 1 aromatic carbocycles. The van der Waals surface area contributed by atoms with E-state index in [4.69, 9.17) is 0 Å². The topological polar surface area (TPSA) is 55.8 Å². The number of piperazine rings is 1. The Morgan fingerprint density at radius 2 is 1.90 bits per heavy atom. The van der Waals surface area contributed by atoms with Crippen molar-refractivity contribution in [3.05, 3.63) is 59.5 Å². The van der Waals surface area contributed by atoms with E-state index in [0.717, 1.165) is 49.1 Å². The van der Waals surface area contributed by atoms with Crippen LogP contribution in [-0.4, -0.2) is 62.7 Å². The van der Waals surface area contributed by atoms with Crippen molar-refractivity contribution >= 4 is 11.8 Å². The summed E-state index contributed by atoms with van der Waals surface area (Å²) in [5.74, 6) is 1.53. The molecular weight excluding hydrogens is 379 g/mol. The van der Waals surface area contributed by atoms with Gasteiger partial charge < -0.3 is 20.4 Å². The number of likely N-dealkylation sites (N-methyl/N-ethyl adjacent to an activating group) is 1. The molecule has 6 nitrogen and oxygen atoms in total. The van der Waals surface area contributed by atoms with E-state index < -0.39 is 0 Å². The fraction of sp³-hybridized carbons (Fsp3) is 0.478. The minimum absolute atomic E-state index is 0.211. The third-order valence-corrected chi connectivity index (χ3v) is 5.62. The van der Waals surface area contributed by atoms with Gasteiger partial charge in [-0.2, -0.15) is 0 Å². The summed E-state index contributed by atoms with van der Waals surface area (Å²) in [5.41, 5.74) is 1.88. The normalized spacial score (nSPS) is 15.9. The molecule has 0 aliphatic carbocycles. The van der Waals surface area contributed by atoms with Crippen molar-refractivity contribution in [2.45, 2.75) is 25.8 Å². The van der Waals surface area contributed by atoms with Gasteiger partial charge in [-0.05, 0) is 42.4 Å². The minimum atomic E-state index is -0.231. The van der Waals surface area contributed by atoms with Gasteiger partial charge in [-0.15, -0.1) is 0 Å². The van der Waals surface area contributed by atoms with Gasteiger partial charge >= 0.3 is 0 Å². The predicted octanol–water partition coefficient (Wildman–Crippen LogP) is 2.62. The molecule has 0 unspecified atom stereocenters. The van der Waals surface area contributed by atoms with E-state index in [1.807, 2.05) is 18.3 Å². The molecule has 1 aliphatic rings. The van der Waals surface area contributed by atoms with Gasteiger partial charge in [0.15, 0.2) is 5.96 Å². The molecule has 2 aromatic rings. The van der Waals surface area contributed by atoms with Crippen LogP contribution in [0.15, 0.2) is 47.6 Å². The predicted molar refractivity (Wildman–Crippen MR) is 122 cm³/mol. The number of halogens is 1. The standard InChI is InChI=1S/C23H33FN6/c1-23(2,19-6-5-7-20(24)15-19)17-28-22(25-3)27-16-18-8-9-26-21(14-18)30-12-10-29(4)11-13-30/h5-9,14-15H,10-13,16-17H2,1-4H3,(H2,25,27,28). The monoisotopic (exact) mass is 412 g/mol. The average molecular weight is 413 g/mol. The largest absolute Gasteiger partial charge is 0.356 e. The number of nitrogens with zero attached hydrogens (tertiary/aromatic N) is 4. The number of hydrogen-bond donors (Lipinski definition) is 2. The van der Waals surface area contributed by atoms with E-state index in [2.05, 4.69) is 57.4 Å². The number of aliphatic imine (C=N–C) groups is 1. The van der Waals surface area contributed by atoms with Crippen LogP contribution in [0.25, 0.3) is 0 Å². The molecule has 1 aromatic heterocycles. The molecular formula is C23H33FN6. The average Bonchev–Trinajstić information content (AvgIpc) is 2.74. The Morgan fingerprint density at radius 3 is 2.60 bits per heavy atom. The zero-order valence-corrected chi connectivity index (χ0v) is 18.5. The van der Waals surface area contributed by atoms with Crippen molar-refractivity contribution in [1.29, 1.82) is 0 Å². The van der Waals surface area contributed by atoms with Gasteiger partial charge in [0, 0.05) is 57.9 Å². The molecule has 30 heavy (non-hydrogen) atoms. The lowest BCUT2D eigenvalue weighted by Gasteiger charge is -2.33. The molecule has 7 heteroatoms. The van der Waals surface area contributed by atoms with E-state index in [0.29, 0.717) is 13.1 Å². The maximum Gasteiger partial charge on any atom is 0.191 e. The van der Waals surface area contributed by atoms with Crippen molar-refractivity contribution in [2.75, 3.05) is 51.7 Å². The maximum atomic E-state index is 13.6. The fourth-order valence-electron chi connectivity index (χ4n) is 3.50. The highest BCUT2D eigenvalue weighted by Gasteiger charge is 2.21. The molecule has 0 bridgehead atoms. The van der Waals surface area contributed by atoms with Crippen molar-refractivity contribution < 1.29 is 4.39 Å². The smallest absolute Gasteiger partial charge is 0.191 e. The van der Waals surface area contributed by atoms with Crippen LogP contribution in [0.5, 0.6) is 0 Å². The van der Waals surface area contributed by atoms with Crippen LogP contribution in [0.3, 0.4) is 0 Å². The Balaban J connectivity index is 1.55. The number of nitrogens with one attached hydrogen (secondary N) is 2. The van der Waals surface area contributed by atoms with E-state index in [9.17, 15) is 4.39 Å². The summed E-state index contributed by atoms with van der Waals surface area (Å²) in [4.78, 5) is 13.5. The first-order chi connectivity index (χ1) is 14.4. The van der Waals surface area contributed by atoms with E-state index in [1.54, 1.807) is 19.2 Å². The first-order valence-corrected chi connectivity index (χ1v) is 10.5. The van der Waals surface area contributed by atoms with E-state index in [-0.39, 0.29) is 11.2 Å². The molecule has 0 radical (unpaired) electrons. The van der Waals surface area contributed by atoms with Crippen LogP contribution >= 0.6 is 0 Å². The summed E-state index contributed by atoms with van der Waals surface area (Å²) in [5, 5.41) is 6.73. The molecule has 2 N–H and O–H groups in total. The number of hydrogen-bond acceptors (Lipinski definition) is 4. The minimum Gasteiger partial charge on any atom is -0.356 e. The highest BCUT2D eigenvalue weighted by Crippen LogP contribution is 2.22. The van der Waals surface area contributed by atoms with Crippen LogP contribution in [0.2, 0.25) is 0 Å². The Morgan fingerprint density at radius 1 is 1.13 bits per heavy atom. The quantitative estimate of drug-likeness (QED) is 0.564. The van der Waals surface area contributed by atoms with Gasteiger partial charge in [-0.3, -0.25) is 4.99 Å². The number of rotatable bonds is 6. The molecule has 162 valence electrons. The van der Waals surface area contributed by atoms with E-state index >= 15 is 0 Å². The lowest BCUT2D eigenvalue weighted by atomic mass is 9.84. The molecule has 3 rings (SSSR count). The molecule has 1 aliphatic heterocycles. The highest BCUT2D eigenvalue weighted by atomic mass is 19.1. The number of benzene rings is 1. The van der Waals surface area contributed by atoms with Gasteiger partial charge in [0.2, 0.25) is 0 Å². The first-order valence-electron chi connectivity index (χ1n) is 10.5. The molecule has 1 fully saturated rings. The fourth-order valence-corrected chi connectivity index (χ4v) is 3.50. The second-order valence-electron chi connectivity index (χ2n) is 8.49. The molecule has 0 saturated carbocycles. The molecule has 0 atom stereocenters. The van der Waals surface area contributed by atoms with Crippen molar-refractivity contribution in [3.63, 3.8) is 0 Å². The highest BCUT2D eigenvalue weighted by molar-refractivity contribution is 5.79. The first kappa shape index (κ1) is 22.0. The third kappa shape index (κ3) is 5.92. The van der Waals surface area contributed by atoms with Gasteiger partial charge in [-0.25, -0.2) is 9.37 Å². The zero-order valence-electron chi connectivity index (χ0n) is 18.5. The second-order valence-corrected chi connectivity index (χ2v) is 8.49. The second kappa shape index (κ2) is 9.89. The number of pyridine rings is 1. The Hall–Kier alpha value is -2.67. The number of anilines is 1. The Kier molecular flexibility index (Phi) is 7.26. The SMILES string of the molecule is CN=C(NCc1ccnc(N2CCN(C)CC2)c1)NCC(C)(C)c1cccc(F)c1. The third-order valence-electron chi connectivity index (χ3n) is 5.62. The van der Waals surface area contributed by atoms with Gasteiger partial charge in [0.25, 0.3) is 0 Å². The Bertz CT molecular complexity index is 858. The van der Waals surface area contributed by atoms with Gasteiger partial charge in [0.05, 0.1) is 0 Å². The van der Waals surface area contributed by atoms with Crippen molar-refractivity contribution in [2.24, 2.45) is 4.99 Å². The van der Waals surface area contributed by atoms with Crippen LogP contribution in [0.4, 0.5) is 10.2 Å². The molecule has 0 amide bonds. The molecule has 2 heterocycles. The molecule has 1 saturated heterocycles. The number of guanidine groups is 1. The van der Waals surface area contributed by atoms with Gasteiger partial charge in [-0.1, -0.05) is 26.0 Å². The van der Waals surface area contributed by atoms with Crippen LogP contribution in [0.1, 0.15) is 25.0 Å². The summed E-state index contributed by atoms with van der Waals surface area (Å²) in [6.45, 7) is 9.59. The summed E-state index contributed by atoms with van der Waals surface area (Å²) in [6, 6.07) is 10.9. The van der Waals surface area contributed by atoms with Crippen molar-refractivity contribution in [3.8, 4) is 0 Å². The Labute approximate surface area is 179 Å². The van der Waals surface area contributed by atoms with Crippen LogP contribution in [0, 0.1) is 5.82 Å². The summed E-state index contributed by atoms with van der Waals surface area (Å²) in [6.07, 6.45) is 1.87. The number of aromatic nitrogens is 1. The van der Waals surface area contributed by atoms with E-state index in [1.165, 1.54) is 6.07 Å². The lowest BCUT2D eigenvalue weighted by Crippen LogP contribution is -2.45. The van der Waals surface area contributed by atoms with Crippen LogP contribution in [-0.2, 0) is 12.0 Å². The summed E-state index contributed by atoms with van der Waals surface area (Å²) >= 11 is 0. The maximum absolute atomic E-state index is 13.6.